The van der Waals surface area contributed by atoms with E-state index in [4.69, 9.17) is 0 Å². The fourth-order valence-corrected chi connectivity index (χ4v) is 2.88. The Morgan fingerprint density at radius 2 is 1.69 bits per heavy atom. The van der Waals surface area contributed by atoms with Crippen molar-refractivity contribution in [2.24, 2.45) is 0 Å². The highest BCUT2D eigenvalue weighted by molar-refractivity contribution is 5.91. The first kappa shape index (κ1) is 16.0. The van der Waals surface area contributed by atoms with Crippen LogP contribution in [0.1, 0.15) is 5.69 Å². The van der Waals surface area contributed by atoms with Gasteiger partial charge in [-0.3, -0.25) is 4.98 Å². The predicted molar refractivity (Wildman–Crippen MR) is 106 cm³/mol. The van der Waals surface area contributed by atoms with Crippen LogP contribution >= 0.6 is 0 Å². The van der Waals surface area contributed by atoms with Crippen LogP contribution in [-0.2, 0) is 0 Å². The number of anilines is 4. The van der Waals surface area contributed by atoms with Crippen molar-refractivity contribution in [3.8, 4) is 0 Å². The Morgan fingerprint density at radius 3 is 2.54 bits per heavy atom. The molecule has 4 rings (SSSR count). The Hall–Kier alpha value is -3.47. The molecule has 0 aliphatic carbocycles. The monoisotopic (exact) mass is 341 g/mol. The highest BCUT2D eigenvalue weighted by Crippen LogP contribution is 2.26. The molecule has 1 N–H and O–H groups in total. The second kappa shape index (κ2) is 6.80. The molecule has 0 amide bonds. The summed E-state index contributed by atoms with van der Waals surface area (Å²) in [4.78, 5) is 15.7. The van der Waals surface area contributed by atoms with Gasteiger partial charge in [-0.15, -0.1) is 0 Å². The van der Waals surface area contributed by atoms with Gasteiger partial charge in [0.2, 0.25) is 5.95 Å². The van der Waals surface area contributed by atoms with E-state index in [1.165, 1.54) is 0 Å². The fourth-order valence-electron chi connectivity index (χ4n) is 2.88. The zero-order chi connectivity index (χ0) is 17.9. The minimum absolute atomic E-state index is 0.645. The number of nitrogens with zero attached hydrogens (tertiary/aromatic N) is 4. The number of aryl methyl sites for hydroxylation is 1. The number of fused-ring (bicyclic) bond motifs is 1. The Morgan fingerprint density at radius 1 is 0.885 bits per heavy atom. The molecule has 0 spiro atoms. The second-order valence-electron chi connectivity index (χ2n) is 6.09. The van der Waals surface area contributed by atoms with Crippen molar-refractivity contribution in [2.45, 2.75) is 6.92 Å². The second-order valence-corrected chi connectivity index (χ2v) is 6.09. The standard InChI is InChI=1S/C21H19N5/c1-15-14-19(24-18-12-6-8-16-9-7-13-22-20(16)18)25-21(23-15)26(2)17-10-4-3-5-11-17/h3-14H,1-2H3,(H,23,24,25). The van der Waals surface area contributed by atoms with Gasteiger partial charge in [-0.05, 0) is 31.2 Å². The minimum Gasteiger partial charge on any atom is -0.338 e. The normalized spacial score (nSPS) is 10.7. The molecule has 4 aromatic rings. The summed E-state index contributed by atoms with van der Waals surface area (Å²) in [7, 11) is 1.97. The van der Waals surface area contributed by atoms with E-state index in [1.807, 2.05) is 85.6 Å². The molecule has 5 nitrogen and oxygen atoms in total. The van der Waals surface area contributed by atoms with Crippen LogP contribution in [0.5, 0.6) is 0 Å². The number of aromatic nitrogens is 3. The quantitative estimate of drug-likeness (QED) is 0.575. The average Bonchev–Trinajstić information content (AvgIpc) is 2.68. The molecular weight excluding hydrogens is 322 g/mol. The van der Waals surface area contributed by atoms with Crippen molar-refractivity contribution in [1.29, 1.82) is 0 Å². The molecule has 0 atom stereocenters. The lowest BCUT2D eigenvalue weighted by Gasteiger charge is -2.18. The van der Waals surface area contributed by atoms with E-state index in [1.54, 1.807) is 6.20 Å². The fraction of sp³-hybridized carbons (Fsp3) is 0.0952. The average molecular weight is 341 g/mol. The lowest BCUT2D eigenvalue weighted by molar-refractivity contribution is 1.02. The molecule has 0 bridgehead atoms. The summed E-state index contributed by atoms with van der Waals surface area (Å²) in [6.07, 6.45) is 1.80. The number of benzene rings is 2. The maximum atomic E-state index is 4.69. The SMILES string of the molecule is Cc1cc(Nc2cccc3cccnc23)nc(N(C)c2ccccc2)n1. The maximum absolute atomic E-state index is 4.69. The molecule has 0 saturated heterocycles. The first-order valence-electron chi connectivity index (χ1n) is 8.46. The summed E-state index contributed by atoms with van der Waals surface area (Å²) >= 11 is 0. The van der Waals surface area contributed by atoms with Crippen LogP contribution in [-0.4, -0.2) is 22.0 Å². The lowest BCUT2D eigenvalue weighted by atomic mass is 10.2. The number of hydrogen-bond donors (Lipinski definition) is 1. The molecular formula is C21H19N5. The molecule has 0 saturated carbocycles. The Labute approximate surface area is 152 Å². The summed E-state index contributed by atoms with van der Waals surface area (Å²) in [6.45, 7) is 1.97. The Balaban J connectivity index is 1.70. The van der Waals surface area contributed by atoms with Gasteiger partial charge in [-0.25, -0.2) is 4.98 Å². The van der Waals surface area contributed by atoms with E-state index in [9.17, 15) is 0 Å². The van der Waals surface area contributed by atoms with E-state index < -0.39 is 0 Å². The van der Waals surface area contributed by atoms with Gasteiger partial charge in [0.05, 0.1) is 11.2 Å². The van der Waals surface area contributed by atoms with E-state index in [2.05, 4.69) is 20.3 Å². The molecule has 2 heterocycles. The highest BCUT2D eigenvalue weighted by Gasteiger charge is 2.10. The van der Waals surface area contributed by atoms with Crippen LogP contribution in [0.3, 0.4) is 0 Å². The molecule has 0 unspecified atom stereocenters. The highest BCUT2D eigenvalue weighted by atomic mass is 15.3. The van der Waals surface area contributed by atoms with Crippen molar-refractivity contribution in [3.05, 3.63) is 78.6 Å². The summed E-state index contributed by atoms with van der Waals surface area (Å²) in [5.41, 5.74) is 3.78. The van der Waals surface area contributed by atoms with Crippen LogP contribution in [0, 0.1) is 6.92 Å². The number of hydrogen-bond acceptors (Lipinski definition) is 5. The number of pyridine rings is 1. The van der Waals surface area contributed by atoms with E-state index in [0.717, 1.165) is 33.8 Å². The number of rotatable bonds is 4. The third-order valence-corrected chi connectivity index (χ3v) is 4.18. The van der Waals surface area contributed by atoms with Crippen molar-refractivity contribution < 1.29 is 0 Å². The summed E-state index contributed by atoms with van der Waals surface area (Å²) in [5, 5.41) is 4.48. The van der Waals surface area contributed by atoms with Gasteiger partial charge in [0.1, 0.15) is 5.82 Å². The van der Waals surface area contributed by atoms with Crippen LogP contribution in [0.15, 0.2) is 72.9 Å². The van der Waals surface area contributed by atoms with E-state index in [-0.39, 0.29) is 0 Å². The van der Waals surface area contributed by atoms with E-state index in [0.29, 0.717) is 5.95 Å². The van der Waals surface area contributed by atoms with Crippen molar-refractivity contribution in [2.75, 3.05) is 17.3 Å². The van der Waals surface area contributed by atoms with Gasteiger partial charge < -0.3 is 10.2 Å². The first-order chi connectivity index (χ1) is 12.7. The third kappa shape index (κ3) is 3.19. The van der Waals surface area contributed by atoms with Gasteiger partial charge in [-0.2, -0.15) is 4.98 Å². The summed E-state index contributed by atoms with van der Waals surface area (Å²) in [6, 6.07) is 22.1. The summed E-state index contributed by atoms with van der Waals surface area (Å²) in [5.74, 6) is 1.39. The van der Waals surface area contributed by atoms with Crippen LogP contribution in [0.2, 0.25) is 0 Å². The van der Waals surface area contributed by atoms with Gasteiger partial charge in [-0.1, -0.05) is 36.4 Å². The van der Waals surface area contributed by atoms with Crippen LogP contribution < -0.4 is 10.2 Å². The zero-order valence-electron chi connectivity index (χ0n) is 14.7. The first-order valence-corrected chi connectivity index (χ1v) is 8.46. The van der Waals surface area contributed by atoms with Crippen molar-refractivity contribution in [3.63, 3.8) is 0 Å². The lowest BCUT2D eigenvalue weighted by Crippen LogP contribution is -2.14. The van der Waals surface area contributed by atoms with Crippen LogP contribution in [0.25, 0.3) is 10.9 Å². The molecule has 0 aliphatic heterocycles. The van der Waals surface area contributed by atoms with Gasteiger partial charge in [0, 0.05) is 36.1 Å². The van der Waals surface area contributed by atoms with Gasteiger partial charge >= 0.3 is 0 Å². The molecule has 0 radical (unpaired) electrons. The topological polar surface area (TPSA) is 53.9 Å². The van der Waals surface area contributed by atoms with Gasteiger partial charge in [0.15, 0.2) is 0 Å². The van der Waals surface area contributed by atoms with E-state index >= 15 is 0 Å². The zero-order valence-corrected chi connectivity index (χ0v) is 14.7. The Bertz CT molecular complexity index is 1040. The van der Waals surface area contributed by atoms with Crippen molar-refractivity contribution >= 4 is 34.0 Å². The number of para-hydroxylation sites is 2. The van der Waals surface area contributed by atoms with Crippen LogP contribution in [0.4, 0.5) is 23.1 Å². The largest absolute Gasteiger partial charge is 0.338 e. The Kier molecular flexibility index (Phi) is 4.19. The smallest absolute Gasteiger partial charge is 0.231 e. The molecule has 0 fully saturated rings. The number of nitrogens with one attached hydrogen (secondary N) is 1. The molecule has 5 heteroatoms. The third-order valence-electron chi connectivity index (χ3n) is 4.18. The van der Waals surface area contributed by atoms with Crippen molar-refractivity contribution in [1.82, 2.24) is 15.0 Å². The molecule has 26 heavy (non-hydrogen) atoms. The molecule has 128 valence electrons. The van der Waals surface area contributed by atoms with Gasteiger partial charge in [0.25, 0.3) is 0 Å². The molecule has 2 aromatic carbocycles. The minimum atomic E-state index is 0.645. The molecule has 2 aromatic heterocycles. The maximum Gasteiger partial charge on any atom is 0.231 e. The summed E-state index contributed by atoms with van der Waals surface area (Å²) < 4.78 is 0. The molecule has 0 aliphatic rings. The predicted octanol–water partition coefficient (Wildman–Crippen LogP) is 4.84.